The van der Waals surface area contributed by atoms with Gasteiger partial charge in [-0.05, 0) is 45.9 Å². The molecule has 0 nitrogen and oxygen atoms in total. The third kappa shape index (κ3) is 5.24. The zero-order valence-corrected chi connectivity index (χ0v) is 17.1. The van der Waals surface area contributed by atoms with E-state index in [1.165, 1.54) is 33.0 Å². The molecule has 0 bridgehead atoms. The van der Waals surface area contributed by atoms with Crippen molar-refractivity contribution in [2.24, 2.45) is 0 Å². The molecule has 0 spiro atoms. The van der Waals surface area contributed by atoms with Gasteiger partial charge in [0.1, 0.15) is 0 Å². The van der Waals surface area contributed by atoms with Gasteiger partial charge in [0, 0.05) is 0 Å². The Morgan fingerprint density at radius 2 is 0.867 bits per heavy atom. The van der Waals surface area contributed by atoms with Crippen LogP contribution in [0.4, 0.5) is 0 Å². The number of benzene rings is 4. The van der Waals surface area contributed by atoms with Crippen molar-refractivity contribution in [3.05, 3.63) is 144 Å². The van der Waals surface area contributed by atoms with Gasteiger partial charge in [-0.1, -0.05) is 134 Å². The Morgan fingerprint density at radius 3 is 1.43 bits per heavy atom. The molecule has 0 amide bonds. The highest BCUT2D eigenvalue weighted by molar-refractivity contribution is 5.82. The predicted octanol–water partition coefficient (Wildman–Crippen LogP) is 7.91. The summed E-state index contributed by atoms with van der Waals surface area (Å²) in [5.41, 5.74) is 5.60. The van der Waals surface area contributed by atoms with Crippen molar-refractivity contribution in [2.75, 3.05) is 0 Å². The van der Waals surface area contributed by atoms with Gasteiger partial charge in [0.15, 0.2) is 0 Å². The molecule has 0 N–H and O–H groups in total. The molecule has 4 aromatic carbocycles. The summed E-state index contributed by atoms with van der Waals surface area (Å²) in [7, 11) is 0. The summed E-state index contributed by atoms with van der Waals surface area (Å²) in [6.45, 7) is 0. The van der Waals surface area contributed by atoms with Gasteiger partial charge >= 0.3 is 0 Å². The lowest BCUT2D eigenvalue weighted by Gasteiger charge is -1.99. The lowest BCUT2D eigenvalue weighted by Crippen LogP contribution is -1.83. The summed E-state index contributed by atoms with van der Waals surface area (Å²) in [6.07, 6.45) is 15.1. The third-order valence-electron chi connectivity index (χ3n) is 5.26. The fourth-order valence-corrected chi connectivity index (χ4v) is 3.64. The summed E-state index contributed by atoms with van der Waals surface area (Å²) < 4.78 is 0. The lowest BCUT2D eigenvalue weighted by atomic mass is 10.1. The molecule has 0 aliphatic heterocycles. The van der Waals surface area contributed by atoms with Crippen molar-refractivity contribution in [3.63, 3.8) is 0 Å². The molecule has 0 radical (unpaired) electrons. The second-order valence-electron chi connectivity index (χ2n) is 7.34. The van der Waals surface area contributed by atoms with Gasteiger partial charge in [0.05, 0.1) is 0 Å². The number of fused-ring (bicyclic) bond motifs is 3. The minimum atomic E-state index is 1.06. The summed E-state index contributed by atoms with van der Waals surface area (Å²) in [5.74, 6) is 0. The Hall–Kier alpha value is -3.64. The summed E-state index contributed by atoms with van der Waals surface area (Å²) in [6, 6.07) is 33.7. The molecule has 0 aromatic heterocycles. The molecular weight excluding hydrogens is 360 g/mol. The molecule has 2 aliphatic carbocycles. The van der Waals surface area contributed by atoms with Gasteiger partial charge in [-0.2, -0.15) is 0 Å². The van der Waals surface area contributed by atoms with Crippen molar-refractivity contribution in [1.29, 1.82) is 0 Å². The Labute approximate surface area is 179 Å². The topological polar surface area (TPSA) is 0 Å². The minimum Gasteiger partial charge on any atom is -0.0801 e. The molecule has 0 fully saturated rings. The molecule has 4 aromatic rings. The van der Waals surface area contributed by atoms with Crippen LogP contribution in [-0.4, -0.2) is 0 Å². The van der Waals surface area contributed by atoms with Crippen LogP contribution in [0.1, 0.15) is 22.3 Å². The van der Waals surface area contributed by atoms with Crippen LogP contribution in [-0.2, 0) is 12.8 Å². The maximum Gasteiger partial charge on any atom is -0.00882 e. The van der Waals surface area contributed by atoms with E-state index >= 15 is 0 Å². The molecule has 0 saturated heterocycles. The highest BCUT2D eigenvalue weighted by atomic mass is 14.1. The molecule has 6 rings (SSSR count). The second kappa shape index (κ2) is 10.2. The van der Waals surface area contributed by atoms with Gasteiger partial charge in [0.25, 0.3) is 0 Å². The summed E-state index contributed by atoms with van der Waals surface area (Å²) in [4.78, 5) is 0. The molecule has 0 heterocycles. The molecule has 0 atom stereocenters. The van der Waals surface area contributed by atoms with E-state index < -0.39 is 0 Å². The van der Waals surface area contributed by atoms with Crippen molar-refractivity contribution >= 4 is 22.9 Å². The molecular formula is C30H26. The van der Waals surface area contributed by atoms with Gasteiger partial charge < -0.3 is 0 Å². The van der Waals surface area contributed by atoms with Crippen LogP contribution < -0.4 is 0 Å². The Balaban J connectivity index is 0.000000109. The number of rotatable bonds is 0. The van der Waals surface area contributed by atoms with Crippen molar-refractivity contribution < 1.29 is 0 Å². The highest BCUT2D eigenvalue weighted by Gasteiger charge is 2.00. The largest absolute Gasteiger partial charge is 0.0801 e. The standard InChI is InChI=1S/C11H10.C10H8.C9H8/c1-2-6-10-8-4-5-9-11(10)7-3-1;1-2-6-10-8-4-3-7-9(10)5-1;1-2-5-9-7-3-6-8(9)4-1/h1-6,8-9H,7H2;1-8H;1-6H,7H2. The molecule has 0 saturated carbocycles. The number of allylic oxidation sites excluding steroid dienone is 4. The molecule has 0 heteroatoms. The van der Waals surface area contributed by atoms with Gasteiger partial charge in [-0.3, -0.25) is 0 Å². The monoisotopic (exact) mass is 386 g/mol. The lowest BCUT2D eigenvalue weighted by molar-refractivity contribution is 1.27. The quantitative estimate of drug-likeness (QED) is 0.288. The normalized spacial score (nSPS) is 12.7. The molecule has 0 unspecified atom stereocenters. The number of hydrogen-bond donors (Lipinski definition) is 0. The maximum atomic E-state index is 2.20. The van der Waals surface area contributed by atoms with Crippen LogP contribution in [0.15, 0.2) is 121 Å². The van der Waals surface area contributed by atoms with E-state index in [9.17, 15) is 0 Å². The molecule has 2 aliphatic rings. The first-order valence-electron chi connectivity index (χ1n) is 10.5. The van der Waals surface area contributed by atoms with Gasteiger partial charge in [-0.25, -0.2) is 0 Å². The molecule has 146 valence electrons. The van der Waals surface area contributed by atoms with E-state index in [2.05, 4.69) is 134 Å². The van der Waals surface area contributed by atoms with E-state index in [0.29, 0.717) is 0 Å². The van der Waals surface area contributed by atoms with Crippen molar-refractivity contribution in [3.8, 4) is 0 Å². The zero-order chi connectivity index (χ0) is 20.4. The fourth-order valence-electron chi connectivity index (χ4n) is 3.64. The SMILES string of the molecule is C1=CCc2ccccc2C=C1.C1=Cc2ccccc2C1.c1ccc2ccccc2c1. The molecule has 30 heavy (non-hydrogen) atoms. The third-order valence-corrected chi connectivity index (χ3v) is 5.26. The van der Waals surface area contributed by atoms with Gasteiger partial charge in [-0.15, -0.1) is 0 Å². The first-order chi connectivity index (χ1) is 14.9. The van der Waals surface area contributed by atoms with Crippen LogP contribution in [0, 0.1) is 0 Å². The number of hydrogen-bond acceptors (Lipinski definition) is 0. The van der Waals surface area contributed by atoms with Crippen LogP contribution in [0.25, 0.3) is 22.9 Å². The van der Waals surface area contributed by atoms with Crippen LogP contribution in [0.3, 0.4) is 0 Å². The maximum absolute atomic E-state index is 2.20. The van der Waals surface area contributed by atoms with Crippen LogP contribution >= 0.6 is 0 Å². The average molecular weight is 387 g/mol. The summed E-state index contributed by atoms with van der Waals surface area (Å²) >= 11 is 0. The predicted molar refractivity (Wildman–Crippen MR) is 131 cm³/mol. The van der Waals surface area contributed by atoms with E-state index in [0.717, 1.165) is 12.8 Å². The first-order valence-corrected chi connectivity index (χ1v) is 10.5. The van der Waals surface area contributed by atoms with Gasteiger partial charge in [0.2, 0.25) is 0 Å². The van der Waals surface area contributed by atoms with Crippen LogP contribution in [0.5, 0.6) is 0 Å². The first kappa shape index (κ1) is 19.7. The zero-order valence-electron chi connectivity index (χ0n) is 17.1. The van der Waals surface area contributed by atoms with E-state index in [4.69, 9.17) is 0 Å². The summed E-state index contributed by atoms with van der Waals surface area (Å²) in [5, 5.41) is 2.62. The van der Waals surface area contributed by atoms with Crippen molar-refractivity contribution in [2.45, 2.75) is 12.8 Å². The van der Waals surface area contributed by atoms with E-state index in [1.54, 1.807) is 0 Å². The van der Waals surface area contributed by atoms with E-state index in [-0.39, 0.29) is 0 Å². The van der Waals surface area contributed by atoms with Crippen molar-refractivity contribution in [1.82, 2.24) is 0 Å². The Kier molecular flexibility index (Phi) is 6.70. The van der Waals surface area contributed by atoms with Crippen LogP contribution in [0.2, 0.25) is 0 Å². The Morgan fingerprint density at radius 1 is 0.400 bits per heavy atom. The highest BCUT2D eigenvalue weighted by Crippen LogP contribution is 2.17. The fraction of sp³-hybridized carbons (Fsp3) is 0.0667. The second-order valence-corrected chi connectivity index (χ2v) is 7.34. The Bertz CT molecular complexity index is 1130. The van der Waals surface area contributed by atoms with E-state index in [1.807, 2.05) is 0 Å². The minimum absolute atomic E-state index is 1.06. The smallest absolute Gasteiger partial charge is 0.00882 e. The average Bonchev–Trinajstić information content (AvgIpc) is 3.17.